The van der Waals surface area contributed by atoms with Crippen molar-refractivity contribution in [2.75, 3.05) is 0 Å². The van der Waals surface area contributed by atoms with E-state index in [2.05, 4.69) is 0 Å². The van der Waals surface area contributed by atoms with Crippen LogP contribution in [0.3, 0.4) is 0 Å². The van der Waals surface area contributed by atoms with Crippen LogP contribution in [0.15, 0.2) is 42.5 Å². The lowest BCUT2D eigenvalue weighted by Crippen LogP contribution is -2.50. The van der Waals surface area contributed by atoms with Gasteiger partial charge in [-0.1, -0.05) is 61.3 Å². The first-order valence-corrected chi connectivity index (χ1v) is 8.80. The summed E-state index contributed by atoms with van der Waals surface area (Å²) in [4.78, 5) is 0. The Balaban J connectivity index is 2.39. The van der Waals surface area contributed by atoms with Crippen LogP contribution in [0.2, 0.25) is 5.02 Å². The second-order valence-corrected chi connectivity index (χ2v) is 7.96. The third-order valence-electron chi connectivity index (χ3n) is 4.76. The van der Waals surface area contributed by atoms with E-state index in [-0.39, 0.29) is 16.1 Å². The van der Waals surface area contributed by atoms with Crippen molar-refractivity contribution in [3.63, 3.8) is 0 Å². The first kappa shape index (κ1) is 21.3. The smallest absolute Gasteiger partial charge is 0.380 e. The van der Waals surface area contributed by atoms with Crippen LogP contribution >= 0.6 is 11.6 Å². The van der Waals surface area contributed by atoms with Crippen LogP contribution in [-0.2, 0) is 11.8 Å². The Kier molecular flexibility index (Phi) is 5.94. The first-order chi connectivity index (χ1) is 12.4. The van der Waals surface area contributed by atoms with Crippen LogP contribution in [0.4, 0.5) is 13.2 Å². The molecule has 0 heterocycles. The van der Waals surface area contributed by atoms with E-state index in [4.69, 9.17) is 16.9 Å². The first-order valence-electron chi connectivity index (χ1n) is 8.43. The molecule has 1 atom stereocenters. The minimum atomic E-state index is -4.84. The van der Waals surface area contributed by atoms with Crippen LogP contribution < -0.4 is 0 Å². The Morgan fingerprint density at radius 2 is 1.67 bits per heavy atom. The topological polar surface area (TPSA) is 44.0 Å². The second kappa shape index (κ2) is 7.53. The van der Waals surface area contributed by atoms with Gasteiger partial charge < -0.3 is 5.11 Å². The van der Waals surface area contributed by atoms with Crippen LogP contribution in [0, 0.1) is 18.3 Å². The molecule has 0 aliphatic rings. The lowest BCUT2D eigenvalue weighted by molar-refractivity contribution is -0.266. The highest BCUT2D eigenvalue weighted by atomic mass is 35.5. The highest BCUT2D eigenvalue weighted by molar-refractivity contribution is 6.31. The maximum Gasteiger partial charge on any atom is 0.417 e. The van der Waals surface area contributed by atoms with E-state index in [1.54, 1.807) is 26.0 Å². The molecule has 6 heteroatoms. The van der Waals surface area contributed by atoms with E-state index >= 15 is 0 Å². The van der Waals surface area contributed by atoms with E-state index in [0.717, 1.165) is 5.56 Å². The summed E-state index contributed by atoms with van der Waals surface area (Å²) < 4.78 is 41.5. The molecule has 2 aromatic rings. The average molecular weight is 396 g/mol. The zero-order chi connectivity index (χ0) is 20.5. The monoisotopic (exact) mass is 395 g/mol. The molecule has 0 saturated heterocycles. The molecule has 144 valence electrons. The van der Waals surface area contributed by atoms with E-state index in [1.807, 2.05) is 25.1 Å². The largest absolute Gasteiger partial charge is 0.417 e. The molecule has 0 radical (unpaired) electrons. The van der Waals surface area contributed by atoms with Crippen molar-refractivity contribution < 1.29 is 18.3 Å². The van der Waals surface area contributed by atoms with E-state index in [9.17, 15) is 18.3 Å². The Hall–Kier alpha value is -2.03. The summed E-state index contributed by atoms with van der Waals surface area (Å²) in [5.74, 6) is 0. The number of alkyl halides is 3. The number of hydrogen-bond donors (Lipinski definition) is 1. The fourth-order valence-corrected chi connectivity index (χ4v) is 3.42. The Bertz CT molecular complexity index is 853. The number of halogens is 4. The fourth-order valence-electron chi connectivity index (χ4n) is 3.18. The normalized spacial score (nSPS) is 14.5. The van der Waals surface area contributed by atoms with Crippen LogP contribution in [0.25, 0.3) is 0 Å². The number of nitrogens with zero attached hydrogens (tertiary/aromatic N) is 1. The minimum absolute atomic E-state index is 0.0323. The maximum absolute atomic E-state index is 13.8. The molecule has 0 amide bonds. The van der Waals surface area contributed by atoms with Gasteiger partial charge in [-0.25, -0.2) is 0 Å². The highest BCUT2D eigenvalue weighted by Crippen LogP contribution is 2.43. The van der Waals surface area contributed by atoms with Gasteiger partial charge in [-0.3, -0.25) is 0 Å². The standard InChI is InChI=1S/C21H21ClF3NO/c1-14-4-8-17(9-5-14)19(2,3)13-20(27,21(23,24)25)11-16-7-6-15(12-26)10-18(16)22/h4-10,27H,11,13H2,1-3H3. The Morgan fingerprint density at radius 1 is 1.07 bits per heavy atom. The number of rotatable bonds is 5. The summed E-state index contributed by atoms with van der Waals surface area (Å²) in [5.41, 5.74) is -1.77. The molecule has 0 aliphatic carbocycles. The molecule has 0 aliphatic heterocycles. The summed E-state index contributed by atoms with van der Waals surface area (Å²) in [6.45, 7) is 5.25. The molecule has 2 aromatic carbocycles. The van der Waals surface area contributed by atoms with Gasteiger partial charge in [-0.2, -0.15) is 18.4 Å². The van der Waals surface area contributed by atoms with Gasteiger partial charge in [0.1, 0.15) is 0 Å². The van der Waals surface area contributed by atoms with E-state index in [1.165, 1.54) is 18.2 Å². The molecule has 27 heavy (non-hydrogen) atoms. The van der Waals surface area contributed by atoms with Crippen molar-refractivity contribution in [3.05, 3.63) is 69.7 Å². The molecule has 0 fully saturated rings. The van der Waals surface area contributed by atoms with Crippen molar-refractivity contribution in [3.8, 4) is 6.07 Å². The van der Waals surface area contributed by atoms with Crippen molar-refractivity contribution >= 4 is 11.6 Å². The van der Waals surface area contributed by atoms with Gasteiger partial charge in [0.05, 0.1) is 11.6 Å². The minimum Gasteiger partial charge on any atom is -0.380 e. The Morgan fingerprint density at radius 3 is 2.15 bits per heavy atom. The number of aryl methyl sites for hydroxylation is 1. The quantitative estimate of drug-likeness (QED) is 0.703. The lowest BCUT2D eigenvalue weighted by atomic mass is 9.73. The van der Waals surface area contributed by atoms with Gasteiger partial charge in [0, 0.05) is 11.4 Å². The second-order valence-electron chi connectivity index (χ2n) is 7.55. The molecule has 2 nitrogen and oxygen atoms in total. The summed E-state index contributed by atoms with van der Waals surface area (Å²) in [5, 5.41) is 19.6. The summed E-state index contributed by atoms with van der Waals surface area (Å²) >= 11 is 6.04. The molecule has 1 unspecified atom stereocenters. The molecule has 1 N–H and O–H groups in total. The highest BCUT2D eigenvalue weighted by Gasteiger charge is 2.55. The summed E-state index contributed by atoms with van der Waals surface area (Å²) in [6, 6.07) is 13.2. The van der Waals surface area contributed by atoms with Gasteiger partial charge in [0.15, 0.2) is 5.60 Å². The lowest BCUT2D eigenvalue weighted by Gasteiger charge is -2.38. The zero-order valence-corrected chi connectivity index (χ0v) is 16.1. The van der Waals surface area contributed by atoms with Crippen LogP contribution in [-0.4, -0.2) is 16.9 Å². The van der Waals surface area contributed by atoms with Gasteiger partial charge >= 0.3 is 6.18 Å². The third-order valence-corrected chi connectivity index (χ3v) is 5.11. The number of aliphatic hydroxyl groups is 1. The molecule has 0 spiro atoms. The Labute approximate surface area is 162 Å². The van der Waals surface area contributed by atoms with E-state index in [0.29, 0.717) is 5.56 Å². The molecule has 0 aromatic heterocycles. The van der Waals surface area contributed by atoms with Gasteiger partial charge in [0.2, 0.25) is 0 Å². The molecule has 2 rings (SSSR count). The van der Waals surface area contributed by atoms with Gasteiger partial charge in [0.25, 0.3) is 0 Å². The van der Waals surface area contributed by atoms with E-state index < -0.39 is 30.0 Å². The molecular weight excluding hydrogens is 375 g/mol. The predicted octanol–water partition coefficient (Wildman–Crippen LogP) is 5.72. The van der Waals surface area contributed by atoms with Crippen LogP contribution in [0.1, 0.15) is 42.5 Å². The molecular formula is C21H21ClF3NO. The van der Waals surface area contributed by atoms with Crippen molar-refractivity contribution in [2.45, 2.75) is 50.8 Å². The van der Waals surface area contributed by atoms with Gasteiger partial charge in [-0.05, 0) is 42.0 Å². The number of hydrogen-bond acceptors (Lipinski definition) is 2. The fraction of sp³-hybridized carbons (Fsp3) is 0.381. The number of nitriles is 1. The predicted molar refractivity (Wildman–Crippen MR) is 99.7 cm³/mol. The summed E-state index contributed by atoms with van der Waals surface area (Å²) in [7, 11) is 0. The SMILES string of the molecule is Cc1ccc(C(C)(C)CC(O)(Cc2ccc(C#N)cc2Cl)C(F)(F)F)cc1. The van der Waals surface area contributed by atoms with Crippen molar-refractivity contribution in [1.29, 1.82) is 5.26 Å². The van der Waals surface area contributed by atoms with Gasteiger partial charge in [-0.15, -0.1) is 0 Å². The summed E-state index contributed by atoms with van der Waals surface area (Å²) in [6.07, 6.45) is -6.05. The molecule has 0 bridgehead atoms. The van der Waals surface area contributed by atoms with Crippen molar-refractivity contribution in [2.24, 2.45) is 0 Å². The molecule has 0 saturated carbocycles. The maximum atomic E-state index is 13.8. The average Bonchev–Trinajstić information content (AvgIpc) is 2.55. The number of benzene rings is 2. The third kappa shape index (κ3) is 4.82. The van der Waals surface area contributed by atoms with Crippen molar-refractivity contribution in [1.82, 2.24) is 0 Å². The van der Waals surface area contributed by atoms with Crippen LogP contribution in [0.5, 0.6) is 0 Å². The zero-order valence-electron chi connectivity index (χ0n) is 15.4.